The molecule has 1 aliphatic rings. The Bertz CT molecular complexity index is 342. The Labute approximate surface area is 100 Å². The molecule has 0 aromatic carbocycles. The molecule has 1 rings (SSSR count). The van der Waals surface area contributed by atoms with Crippen LogP contribution in [0.15, 0.2) is 22.8 Å². The van der Waals surface area contributed by atoms with E-state index >= 15 is 0 Å². The Hall–Kier alpha value is -1.09. The van der Waals surface area contributed by atoms with Crippen molar-refractivity contribution >= 4 is 23.4 Å². The fourth-order valence-electron chi connectivity index (χ4n) is 1.65. The van der Waals surface area contributed by atoms with Gasteiger partial charge in [-0.05, 0) is 38.2 Å². The van der Waals surface area contributed by atoms with Crippen LogP contribution in [0, 0.1) is 0 Å². The molecule has 0 aliphatic heterocycles. The van der Waals surface area contributed by atoms with Crippen molar-refractivity contribution < 1.29 is 14.3 Å². The van der Waals surface area contributed by atoms with Gasteiger partial charge in [-0.3, -0.25) is 4.79 Å². The van der Waals surface area contributed by atoms with Crippen LogP contribution in [0.25, 0.3) is 0 Å². The first-order valence-electron chi connectivity index (χ1n) is 5.42. The van der Waals surface area contributed by atoms with Gasteiger partial charge >= 0.3 is 5.97 Å². The topological polar surface area (TPSA) is 43.4 Å². The summed E-state index contributed by atoms with van der Waals surface area (Å²) in [5, 5.41) is 0. The van der Waals surface area contributed by atoms with E-state index in [1.807, 2.05) is 6.08 Å². The van der Waals surface area contributed by atoms with Crippen molar-refractivity contribution in [2.75, 3.05) is 6.61 Å². The molecule has 0 saturated heterocycles. The van der Waals surface area contributed by atoms with Crippen molar-refractivity contribution in [3.63, 3.8) is 0 Å². The van der Waals surface area contributed by atoms with Gasteiger partial charge in [0, 0.05) is 11.1 Å². The summed E-state index contributed by atoms with van der Waals surface area (Å²) in [5.74, 6) is -1.48. The van der Waals surface area contributed by atoms with Crippen LogP contribution in [0.3, 0.4) is 0 Å². The monoisotopic (exact) mass is 242 g/mol. The summed E-state index contributed by atoms with van der Waals surface area (Å²) in [4.78, 5) is 23.0. The summed E-state index contributed by atoms with van der Waals surface area (Å²) in [6, 6.07) is 0. The standard InChI is InChI=1S/C12H15ClO3/c1-2-16-12(15)11(14)10(8-13)9-6-4-3-5-7-9/h6,8H,2-5,7H2,1H3/b10-8-. The molecule has 3 nitrogen and oxygen atoms in total. The number of allylic oxidation sites excluding steroid dienone is 2. The molecule has 16 heavy (non-hydrogen) atoms. The van der Waals surface area contributed by atoms with E-state index in [0.29, 0.717) is 0 Å². The van der Waals surface area contributed by atoms with Crippen molar-refractivity contribution in [1.29, 1.82) is 0 Å². The molecule has 0 radical (unpaired) electrons. The fraction of sp³-hybridized carbons (Fsp3) is 0.500. The second kappa shape index (κ2) is 6.48. The van der Waals surface area contributed by atoms with Gasteiger partial charge in [0.05, 0.1) is 6.61 Å². The van der Waals surface area contributed by atoms with Crippen molar-refractivity contribution in [1.82, 2.24) is 0 Å². The summed E-state index contributed by atoms with van der Waals surface area (Å²) in [6.07, 6.45) is 5.83. The number of ether oxygens (including phenoxy) is 1. The molecule has 4 heteroatoms. The molecule has 0 saturated carbocycles. The molecular formula is C12H15ClO3. The van der Waals surface area contributed by atoms with Crippen LogP contribution in [0.5, 0.6) is 0 Å². The molecule has 0 aromatic rings. The van der Waals surface area contributed by atoms with Crippen LogP contribution in [-0.4, -0.2) is 18.4 Å². The normalized spacial score (nSPS) is 16.6. The van der Waals surface area contributed by atoms with Gasteiger partial charge in [-0.2, -0.15) is 0 Å². The van der Waals surface area contributed by atoms with Gasteiger partial charge in [0.15, 0.2) is 0 Å². The lowest BCUT2D eigenvalue weighted by atomic mass is 9.92. The Morgan fingerprint density at radius 1 is 1.50 bits per heavy atom. The zero-order valence-corrected chi connectivity index (χ0v) is 10.0. The number of halogens is 1. The summed E-state index contributed by atoms with van der Waals surface area (Å²) >= 11 is 5.61. The average molecular weight is 243 g/mol. The minimum absolute atomic E-state index is 0.194. The molecule has 0 atom stereocenters. The van der Waals surface area contributed by atoms with Crippen LogP contribution >= 0.6 is 11.6 Å². The lowest BCUT2D eigenvalue weighted by molar-refractivity contribution is -0.151. The zero-order chi connectivity index (χ0) is 12.0. The van der Waals surface area contributed by atoms with Crippen molar-refractivity contribution in [3.8, 4) is 0 Å². The van der Waals surface area contributed by atoms with Gasteiger partial charge in [-0.1, -0.05) is 17.7 Å². The van der Waals surface area contributed by atoms with Gasteiger partial charge in [-0.25, -0.2) is 4.79 Å². The van der Waals surface area contributed by atoms with E-state index in [1.165, 1.54) is 5.54 Å². The highest BCUT2D eigenvalue weighted by molar-refractivity contribution is 6.44. The first-order chi connectivity index (χ1) is 7.70. The van der Waals surface area contributed by atoms with E-state index in [0.717, 1.165) is 31.3 Å². The maximum atomic E-state index is 11.7. The molecule has 0 N–H and O–H groups in total. The lowest BCUT2D eigenvalue weighted by Crippen LogP contribution is -2.20. The summed E-state index contributed by atoms with van der Waals surface area (Å²) in [5.41, 5.74) is 2.32. The predicted molar refractivity (Wildman–Crippen MR) is 62.1 cm³/mol. The highest BCUT2D eigenvalue weighted by atomic mass is 35.5. The Kier molecular flexibility index (Phi) is 5.26. The van der Waals surface area contributed by atoms with Gasteiger partial charge in [-0.15, -0.1) is 0 Å². The summed E-state index contributed by atoms with van der Waals surface area (Å²) in [6.45, 7) is 1.86. The van der Waals surface area contributed by atoms with Crippen LogP contribution in [0.2, 0.25) is 0 Å². The number of carbonyl (C=O) groups is 2. The molecule has 0 aromatic heterocycles. The van der Waals surface area contributed by atoms with Crippen LogP contribution < -0.4 is 0 Å². The van der Waals surface area contributed by atoms with Gasteiger partial charge in [0.25, 0.3) is 5.78 Å². The molecule has 0 heterocycles. The number of Topliss-reactive ketones (excluding diaryl/α,β-unsaturated/α-hetero) is 1. The van der Waals surface area contributed by atoms with E-state index in [4.69, 9.17) is 11.6 Å². The Morgan fingerprint density at radius 2 is 2.25 bits per heavy atom. The van der Waals surface area contributed by atoms with Crippen LogP contribution in [0.4, 0.5) is 0 Å². The number of hydrogen-bond acceptors (Lipinski definition) is 3. The number of esters is 1. The van der Waals surface area contributed by atoms with Crippen LogP contribution in [-0.2, 0) is 14.3 Å². The third-order valence-corrected chi connectivity index (χ3v) is 2.67. The second-order valence-electron chi connectivity index (χ2n) is 3.55. The SMILES string of the molecule is CCOC(=O)C(=O)/C(=C\Cl)C1=CCCCC1. The average Bonchev–Trinajstić information content (AvgIpc) is 2.31. The molecule has 0 fully saturated rings. The highest BCUT2D eigenvalue weighted by Gasteiger charge is 2.23. The maximum Gasteiger partial charge on any atom is 0.379 e. The molecule has 0 unspecified atom stereocenters. The first-order valence-corrected chi connectivity index (χ1v) is 5.85. The summed E-state index contributed by atoms with van der Waals surface area (Å²) < 4.78 is 4.66. The minimum Gasteiger partial charge on any atom is -0.460 e. The third kappa shape index (κ3) is 3.20. The Balaban J connectivity index is 2.78. The number of ketones is 1. The van der Waals surface area contributed by atoms with Crippen molar-refractivity contribution in [3.05, 3.63) is 22.8 Å². The molecule has 0 spiro atoms. The number of carbonyl (C=O) groups excluding carboxylic acids is 2. The highest BCUT2D eigenvalue weighted by Crippen LogP contribution is 2.25. The molecule has 88 valence electrons. The lowest BCUT2D eigenvalue weighted by Gasteiger charge is -2.13. The van der Waals surface area contributed by atoms with Crippen molar-refractivity contribution in [2.45, 2.75) is 32.6 Å². The van der Waals surface area contributed by atoms with E-state index in [-0.39, 0.29) is 12.2 Å². The quantitative estimate of drug-likeness (QED) is 0.433. The van der Waals surface area contributed by atoms with Gasteiger partial charge in [0.2, 0.25) is 0 Å². The van der Waals surface area contributed by atoms with E-state index in [1.54, 1.807) is 6.92 Å². The second-order valence-corrected chi connectivity index (χ2v) is 3.77. The zero-order valence-electron chi connectivity index (χ0n) is 9.29. The maximum absolute atomic E-state index is 11.7. The fourth-order valence-corrected chi connectivity index (χ4v) is 1.89. The molecular weight excluding hydrogens is 228 g/mol. The van der Waals surface area contributed by atoms with E-state index in [2.05, 4.69) is 4.74 Å². The van der Waals surface area contributed by atoms with E-state index < -0.39 is 11.8 Å². The van der Waals surface area contributed by atoms with Gasteiger partial charge in [0.1, 0.15) is 0 Å². The largest absolute Gasteiger partial charge is 0.460 e. The first kappa shape index (κ1) is 13.0. The van der Waals surface area contributed by atoms with Crippen molar-refractivity contribution in [2.24, 2.45) is 0 Å². The predicted octanol–water partition coefficient (Wildman–Crippen LogP) is 2.74. The smallest absolute Gasteiger partial charge is 0.379 e. The van der Waals surface area contributed by atoms with Crippen LogP contribution in [0.1, 0.15) is 32.6 Å². The van der Waals surface area contributed by atoms with E-state index in [9.17, 15) is 9.59 Å². The number of hydrogen-bond donors (Lipinski definition) is 0. The number of rotatable bonds is 4. The van der Waals surface area contributed by atoms with Gasteiger partial charge < -0.3 is 4.74 Å². The molecule has 0 amide bonds. The minimum atomic E-state index is -0.833. The Morgan fingerprint density at radius 3 is 2.75 bits per heavy atom. The third-order valence-electron chi connectivity index (χ3n) is 2.45. The molecule has 1 aliphatic carbocycles. The molecule has 0 bridgehead atoms. The summed E-state index contributed by atoms with van der Waals surface area (Å²) in [7, 11) is 0.